The predicted molar refractivity (Wildman–Crippen MR) is 54.2 cm³/mol. The molecule has 1 aromatic carbocycles. The van der Waals surface area contributed by atoms with Gasteiger partial charge in [0.1, 0.15) is 5.75 Å². The minimum absolute atomic E-state index is 0.00324. The third-order valence-corrected chi connectivity index (χ3v) is 1.69. The summed E-state index contributed by atoms with van der Waals surface area (Å²) in [5, 5.41) is 2.44. The van der Waals surface area contributed by atoms with Crippen molar-refractivity contribution in [2.75, 3.05) is 6.54 Å². The van der Waals surface area contributed by atoms with E-state index in [0.29, 0.717) is 5.56 Å². The number of carbonyl (C=O) groups excluding carboxylic acids is 1. The molecule has 1 N–H and O–H groups in total. The van der Waals surface area contributed by atoms with Crippen LogP contribution in [0.4, 0.5) is 8.78 Å². The van der Waals surface area contributed by atoms with Gasteiger partial charge in [-0.1, -0.05) is 5.92 Å². The summed E-state index contributed by atoms with van der Waals surface area (Å²) in [6, 6.07) is 5.33. The molecule has 0 saturated carbocycles. The molecule has 0 saturated heterocycles. The summed E-state index contributed by atoms with van der Waals surface area (Å²) in [6.45, 7) is -2.75. The van der Waals surface area contributed by atoms with E-state index < -0.39 is 6.61 Å². The van der Waals surface area contributed by atoms with E-state index in [-0.39, 0.29) is 18.2 Å². The first kappa shape index (κ1) is 12.0. The molecular weight excluding hydrogens is 216 g/mol. The van der Waals surface area contributed by atoms with E-state index in [1.165, 1.54) is 24.3 Å². The lowest BCUT2D eigenvalue weighted by atomic mass is 10.2. The molecule has 0 aromatic heterocycles. The number of nitrogens with one attached hydrogen (secondary N) is 1. The zero-order valence-electron chi connectivity index (χ0n) is 8.24. The van der Waals surface area contributed by atoms with Crippen molar-refractivity contribution in [1.82, 2.24) is 5.32 Å². The largest absolute Gasteiger partial charge is 0.435 e. The first-order valence-electron chi connectivity index (χ1n) is 4.40. The third-order valence-electron chi connectivity index (χ3n) is 1.69. The standard InChI is InChI=1S/C11H9F2NO2/c1-2-7-14-10(15)8-3-5-9(6-4-8)16-11(12)13/h1,3-6,11H,7H2,(H,14,15). The summed E-state index contributed by atoms with van der Waals surface area (Å²) in [5.41, 5.74) is 0.330. The Kier molecular flexibility index (Phi) is 4.28. The number of hydrogen-bond donors (Lipinski definition) is 1. The van der Waals surface area contributed by atoms with E-state index in [2.05, 4.69) is 16.0 Å². The van der Waals surface area contributed by atoms with Gasteiger partial charge < -0.3 is 10.1 Å². The Labute approximate surface area is 91.4 Å². The molecule has 0 unspecified atom stereocenters. The fourth-order valence-electron chi connectivity index (χ4n) is 1.02. The fourth-order valence-corrected chi connectivity index (χ4v) is 1.02. The lowest BCUT2D eigenvalue weighted by molar-refractivity contribution is -0.0498. The van der Waals surface area contributed by atoms with Crippen molar-refractivity contribution >= 4 is 5.91 Å². The van der Waals surface area contributed by atoms with E-state index >= 15 is 0 Å². The van der Waals surface area contributed by atoms with Crippen LogP contribution in [0.1, 0.15) is 10.4 Å². The van der Waals surface area contributed by atoms with Crippen LogP contribution < -0.4 is 10.1 Å². The average Bonchev–Trinajstić information content (AvgIpc) is 2.26. The molecule has 0 atom stereocenters. The van der Waals surface area contributed by atoms with Crippen LogP contribution in [-0.4, -0.2) is 19.1 Å². The van der Waals surface area contributed by atoms with Gasteiger partial charge in [0.25, 0.3) is 5.91 Å². The van der Waals surface area contributed by atoms with Crippen LogP contribution in [-0.2, 0) is 0 Å². The van der Waals surface area contributed by atoms with Crippen molar-refractivity contribution < 1.29 is 18.3 Å². The van der Waals surface area contributed by atoms with E-state index in [1.54, 1.807) is 0 Å². The molecule has 0 heterocycles. The van der Waals surface area contributed by atoms with Crippen molar-refractivity contribution in [3.63, 3.8) is 0 Å². The summed E-state index contributed by atoms with van der Waals surface area (Å²) < 4.78 is 27.8. The van der Waals surface area contributed by atoms with Gasteiger partial charge in [0.15, 0.2) is 0 Å². The number of amides is 1. The van der Waals surface area contributed by atoms with Crippen LogP contribution in [0, 0.1) is 12.3 Å². The highest BCUT2D eigenvalue weighted by Crippen LogP contribution is 2.14. The van der Waals surface area contributed by atoms with Gasteiger partial charge in [0.2, 0.25) is 0 Å². The van der Waals surface area contributed by atoms with E-state index in [1.807, 2.05) is 0 Å². The molecule has 1 amide bonds. The second-order valence-electron chi connectivity index (χ2n) is 2.79. The molecule has 0 spiro atoms. The lowest BCUT2D eigenvalue weighted by Gasteiger charge is -2.05. The van der Waals surface area contributed by atoms with Crippen LogP contribution >= 0.6 is 0 Å². The topological polar surface area (TPSA) is 38.3 Å². The summed E-state index contributed by atoms with van der Waals surface area (Å²) in [4.78, 5) is 11.3. The van der Waals surface area contributed by atoms with Crippen molar-refractivity contribution in [2.45, 2.75) is 6.61 Å². The van der Waals surface area contributed by atoms with Crippen molar-refractivity contribution in [1.29, 1.82) is 0 Å². The molecule has 0 fully saturated rings. The minimum atomic E-state index is -2.87. The molecule has 5 heteroatoms. The van der Waals surface area contributed by atoms with Crippen LogP contribution in [0.5, 0.6) is 5.75 Å². The highest BCUT2D eigenvalue weighted by Gasteiger charge is 2.06. The molecule has 0 aliphatic rings. The number of carbonyl (C=O) groups is 1. The number of benzene rings is 1. The predicted octanol–water partition coefficient (Wildman–Crippen LogP) is 1.65. The van der Waals surface area contributed by atoms with Crippen molar-refractivity contribution in [3.05, 3.63) is 29.8 Å². The number of hydrogen-bond acceptors (Lipinski definition) is 2. The van der Waals surface area contributed by atoms with Gasteiger partial charge in [0, 0.05) is 5.56 Å². The molecule has 0 aliphatic carbocycles. The fraction of sp³-hybridized carbons (Fsp3) is 0.182. The normalized spacial score (nSPS) is 9.62. The van der Waals surface area contributed by atoms with Crippen LogP contribution in [0.2, 0.25) is 0 Å². The second-order valence-corrected chi connectivity index (χ2v) is 2.79. The van der Waals surface area contributed by atoms with Gasteiger partial charge in [-0.15, -0.1) is 6.42 Å². The van der Waals surface area contributed by atoms with Gasteiger partial charge in [-0.3, -0.25) is 4.79 Å². The van der Waals surface area contributed by atoms with Gasteiger partial charge in [0.05, 0.1) is 6.54 Å². The Hall–Kier alpha value is -2.09. The van der Waals surface area contributed by atoms with Crippen molar-refractivity contribution in [2.24, 2.45) is 0 Å². The van der Waals surface area contributed by atoms with Gasteiger partial charge in [-0.2, -0.15) is 8.78 Å². The second kappa shape index (κ2) is 5.71. The zero-order chi connectivity index (χ0) is 12.0. The Morgan fingerprint density at radius 2 is 2.06 bits per heavy atom. The first-order chi connectivity index (χ1) is 7.63. The molecule has 0 aliphatic heterocycles. The van der Waals surface area contributed by atoms with E-state index in [0.717, 1.165) is 0 Å². The van der Waals surface area contributed by atoms with Gasteiger partial charge in [-0.05, 0) is 24.3 Å². The molecule has 84 valence electrons. The first-order valence-corrected chi connectivity index (χ1v) is 4.40. The highest BCUT2D eigenvalue weighted by molar-refractivity contribution is 5.94. The molecule has 0 radical (unpaired) electrons. The van der Waals surface area contributed by atoms with E-state index in [9.17, 15) is 13.6 Å². The quantitative estimate of drug-likeness (QED) is 0.791. The molecular formula is C11H9F2NO2. The molecule has 0 bridgehead atoms. The maximum Gasteiger partial charge on any atom is 0.387 e. The molecule has 1 aromatic rings. The maximum absolute atomic E-state index is 11.8. The Bertz CT molecular complexity index is 395. The number of halogens is 2. The summed E-state index contributed by atoms with van der Waals surface area (Å²) in [7, 11) is 0. The highest BCUT2D eigenvalue weighted by atomic mass is 19.3. The monoisotopic (exact) mass is 225 g/mol. The molecule has 16 heavy (non-hydrogen) atoms. The smallest absolute Gasteiger partial charge is 0.387 e. The summed E-state index contributed by atoms with van der Waals surface area (Å²) in [6.07, 6.45) is 4.97. The van der Waals surface area contributed by atoms with Crippen molar-refractivity contribution in [3.8, 4) is 18.1 Å². The SMILES string of the molecule is C#CCNC(=O)c1ccc(OC(F)F)cc1. The molecule has 3 nitrogen and oxygen atoms in total. The number of terminal acetylenes is 1. The average molecular weight is 225 g/mol. The Balaban J connectivity index is 2.64. The van der Waals surface area contributed by atoms with Crippen LogP contribution in [0.3, 0.4) is 0 Å². The summed E-state index contributed by atoms with van der Waals surface area (Å²) >= 11 is 0. The van der Waals surface area contributed by atoms with Crippen LogP contribution in [0.15, 0.2) is 24.3 Å². The Morgan fingerprint density at radius 1 is 1.44 bits per heavy atom. The molecule has 1 rings (SSSR count). The van der Waals surface area contributed by atoms with Crippen LogP contribution in [0.25, 0.3) is 0 Å². The van der Waals surface area contributed by atoms with Gasteiger partial charge in [-0.25, -0.2) is 0 Å². The summed E-state index contributed by atoms with van der Waals surface area (Å²) in [5.74, 6) is 1.89. The Morgan fingerprint density at radius 3 is 2.56 bits per heavy atom. The number of alkyl halides is 2. The number of rotatable bonds is 4. The number of ether oxygens (including phenoxy) is 1. The maximum atomic E-state index is 11.8. The minimum Gasteiger partial charge on any atom is -0.435 e. The van der Waals surface area contributed by atoms with Gasteiger partial charge >= 0.3 is 6.61 Å². The third kappa shape index (κ3) is 3.58. The zero-order valence-corrected chi connectivity index (χ0v) is 8.24. The lowest BCUT2D eigenvalue weighted by Crippen LogP contribution is -2.23. The van der Waals surface area contributed by atoms with E-state index in [4.69, 9.17) is 6.42 Å².